The van der Waals surface area contributed by atoms with Crippen LogP contribution in [0.5, 0.6) is 11.5 Å². The van der Waals surface area contributed by atoms with E-state index in [-0.39, 0.29) is 11.5 Å². The summed E-state index contributed by atoms with van der Waals surface area (Å²) in [5, 5.41) is 22.0. The van der Waals surface area contributed by atoms with Crippen molar-refractivity contribution < 1.29 is 19.8 Å². The van der Waals surface area contributed by atoms with E-state index in [2.05, 4.69) is 18.2 Å². The van der Waals surface area contributed by atoms with Crippen molar-refractivity contribution in [3.05, 3.63) is 120 Å². The number of aromatic hydroxyl groups is 2. The lowest BCUT2D eigenvalue weighted by Crippen LogP contribution is -1.85. The number of aldehydes is 2. The predicted molar refractivity (Wildman–Crippen MR) is 140 cm³/mol. The van der Waals surface area contributed by atoms with Crippen molar-refractivity contribution in [2.24, 2.45) is 0 Å². The lowest BCUT2D eigenvalue weighted by Gasteiger charge is -2.08. The van der Waals surface area contributed by atoms with E-state index in [0.29, 0.717) is 29.3 Å². The van der Waals surface area contributed by atoms with Crippen molar-refractivity contribution in [3.8, 4) is 33.8 Å². The van der Waals surface area contributed by atoms with Gasteiger partial charge in [-0.3, -0.25) is 9.59 Å². The molecule has 5 aromatic rings. The van der Waals surface area contributed by atoms with Gasteiger partial charge in [0.2, 0.25) is 0 Å². The molecule has 0 spiro atoms. The summed E-state index contributed by atoms with van der Waals surface area (Å²) in [4.78, 5) is 21.4. The average Bonchev–Trinajstić information content (AvgIpc) is 2.89. The molecular formula is C31H24O4. The number of benzene rings is 5. The van der Waals surface area contributed by atoms with Crippen molar-refractivity contribution in [1.29, 1.82) is 0 Å². The second-order valence-electron chi connectivity index (χ2n) is 8.15. The van der Waals surface area contributed by atoms with Crippen LogP contribution in [-0.2, 0) is 0 Å². The van der Waals surface area contributed by atoms with E-state index in [4.69, 9.17) is 0 Å². The molecule has 0 aliphatic carbocycles. The summed E-state index contributed by atoms with van der Waals surface area (Å²) in [6.07, 6.45) is 1.31. The minimum Gasteiger partial charge on any atom is -0.507 e. The Balaban J connectivity index is 0.000000168. The molecule has 0 aliphatic heterocycles. The first-order chi connectivity index (χ1) is 17.0. The second-order valence-corrected chi connectivity index (χ2v) is 8.15. The van der Waals surface area contributed by atoms with Gasteiger partial charge >= 0.3 is 0 Å². The zero-order valence-corrected chi connectivity index (χ0v) is 19.2. The molecule has 4 nitrogen and oxygen atoms in total. The fourth-order valence-electron chi connectivity index (χ4n) is 3.91. The third kappa shape index (κ3) is 5.12. The Morgan fingerprint density at radius 3 is 1.94 bits per heavy atom. The van der Waals surface area contributed by atoms with E-state index in [9.17, 15) is 19.8 Å². The van der Waals surface area contributed by atoms with Crippen LogP contribution in [0.3, 0.4) is 0 Å². The van der Waals surface area contributed by atoms with Crippen LogP contribution in [0.2, 0.25) is 0 Å². The smallest absolute Gasteiger partial charge is 0.153 e. The van der Waals surface area contributed by atoms with Crippen molar-refractivity contribution in [2.75, 3.05) is 0 Å². The Morgan fingerprint density at radius 2 is 1.23 bits per heavy atom. The fourth-order valence-corrected chi connectivity index (χ4v) is 3.91. The fraction of sp³-hybridized carbons (Fsp3) is 0.0323. The molecule has 5 aromatic carbocycles. The van der Waals surface area contributed by atoms with Crippen LogP contribution in [0, 0.1) is 6.92 Å². The molecule has 4 heteroatoms. The van der Waals surface area contributed by atoms with Gasteiger partial charge < -0.3 is 10.2 Å². The standard InChI is InChI=1S/C17H12O2.C14H12O2/c18-11-14-9-8-13(10-17(14)19)16-7-3-5-12-4-1-2-6-15(12)16;1-10-5-7-11(8-6-10)13-4-2-3-12(9-15)14(13)16/h1-11,19H;2-9,16H,1H3. The normalized spacial score (nSPS) is 10.3. The summed E-state index contributed by atoms with van der Waals surface area (Å²) >= 11 is 0. The topological polar surface area (TPSA) is 74.6 Å². The van der Waals surface area contributed by atoms with E-state index in [1.165, 1.54) is 0 Å². The number of hydrogen-bond acceptors (Lipinski definition) is 4. The van der Waals surface area contributed by atoms with Gasteiger partial charge in [-0.15, -0.1) is 0 Å². The van der Waals surface area contributed by atoms with Gasteiger partial charge in [-0.1, -0.05) is 90.5 Å². The highest BCUT2D eigenvalue weighted by Crippen LogP contribution is 2.32. The number of phenols is 2. The maximum Gasteiger partial charge on any atom is 0.153 e. The molecule has 0 saturated heterocycles. The highest BCUT2D eigenvalue weighted by molar-refractivity contribution is 5.97. The number of phenolic OH excluding ortho intramolecular Hbond substituents is 2. The number of rotatable bonds is 4. The van der Waals surface area contributed by atoms with E-state index in [1.807, 2.05) is 61.5 Å². The van der Waals surface area contributed by atoms with E-state index in [0.717, 1.165) is 33.0 Å². The van der Waals surface area contributed by atoms with Crippen LogP contribution < -0.4 is 0 Å². The molecule has 0 radical (unpaired) electrons. The van der Waals surface area contributed by atoms with Crippen LogP contribution >= 0.6 is 0 Å². The second kappa shape index (κ2) is 10.5. The summed E-state index contributed by atoms with van der Waals surface area (Å²) in [5.41, 5.74) is 5.33. The molecule has 0 amide bonds. The first-order valence-electron chi connectivity index (χ1n) is 11.1. The van der Waals surface area contributed by atoms with Gasteiger partial charge in [0.15, 0.2) is 12.6 Å². The lowest BCUT2D eigenvalue weighted by atomic mass is 9.97. The number of carbonyl (C=O) groups excluding carboxylic acids is 2. The van der Waals surface area contributed by atoms with Crippen molar-refractivity contribution in [2.45, 2.75) is 6.92 Å². The molecule has 0 aliphatic rings. The van der Waals surface area contributed by atoms with E-state index >= 15 is 0 Å². The molecule has 0 bridgehead atoms. The molecule has 0 atom stereocenters. The van der Waals surface area contributed by atoms with Gasteiger partial charge in [-0.05, 0) is 52.6 Å². The molecule has 0 unspecified atom stereocenters. The van der Waals surface area contributed by atoms with Crippen LogP contribution in [0.4, 0.5) is 0 Å². The Kier molecular flexibility index (Phi) is 7.03. The van der Waals surface area contributed by atoms with Crippen molar-refractivity contribution in [3.63, 3.8) is 0 Å². The van der Waals surface area contributed by atoms with Gasteiger partial charge in [0.05, 0.1) is 11.1 Å². The highest BCUT2D eigenvalue weighted by atomic mass is 16.3. The Morgan fingerprint density at radius 1 is 0.600 bits per heavy atom. The largest absolute Gasteiger partial charge is 0.507 e. The number of hydrogen-bond donors (Lipinski definition) is 2. The minimum absolute atomic E-state index is 0.0143. The highest BCUT2D eigenvalue weighted by Gasteiger charge is 2.08. The van der Waals surface area contributed by atoms with Crippen molar-refractivity contribution in [1.82, 2.24) is 0 Å². The summed E-state index contributed by atoms with van der Waals surface area (Å²) in [6.45, 7) is 2.01. The molecule has 0 saturated carbocycles. The maximum absolute atomic E-state index is 10.7. The van der Waals surface area contributed by atoms with Gasteiger partial charge in [0.25, 0.3) is 0 Å². The number of aryl methyl sites for hydroxylation is 1. The zero-order chi connectivity index (χ0) is 24.8. The van der Waals surface area contributed by atoms with Crippen LogP contribution in [0.25, 0.3) is 33.0 Å². The molecule has 172 valence electrons. The number of para-hydroxylation sites is 1. The molecule has 0 fully saturated rings. The van der Waals surface area contributed by atoms with Gasteiger partial charge in [-0.2, -0.15) is 0 Å². The van der Waals surface area contributed by atoms with Crippen molar-refractivity contribution >= 4 is 23.3 Å². The third-order valence-electron chi connectivity index (χ3n) is 5.81. The summed E-state index contributed by atoms with van der Waals surface area (Å²) in [6, 6.07) is 32.2. The predicted octanol–water partition coefficient (Wildman–Crippen LogP) is 7.21. The lowest BCUT2D eigenvalue weighted by molar-refractivity contribution is 0.111. The summed E-state index contributed by atoms with van der Waals surface area (Å²) in [5.74, 6) is 0.0572. The van der Waals surface area contributed by atoms with Crippen LogP contribution in [0.1, 0.15) is 26.3 Å². The first kappa shape index (κ1) is 23.5. The summed E-state index contributed by atoms with van der Waals surface area (Å²) in [7, 11) is 0. The molecule has 0 heterocycles. The molecule has 0 aromatic heterocycles. The minimum atomic E-state index is 0.0143. The monoisotopic (exact) mass is 460 g/mol. The average molecular weight is 461 g/mol. The van der Waals surface area contributed by atoms with E-state index in [1.54, 1.807) is 30.3 Å². The SMILES string of the molecule is Cc1ccc(-c2cccc(C=O)c2O)cc1.O=Cc1ccc(-c2cccc3ccccc23)cc1O. The number of fused-ring (bicyclic) bond motifs is 1. The van der Waals surface area contributed by atoms with Crippen LogP contribution in [0.15, 0.2) is 103 Å². The Bertz CT molecular complexity index is 1500. The quantitative estimate of drug-likeness (QED) is 0.278. The number of carbonyl (C=O) groups is 2. The maximum atomic E-state index is 10.7. The van der Waals surface area contributed by atoms with Crippen LogP contribution in [-0.4, -0.2) is 22.8 Å². The Labute approximate surface area is 203 Å². The first-order valence-corrected chi connectivity index (χ1v) is 11.1. The third-order valence-corrected chi connectivity index (χ3v) is 5.81. The summed E-state index contributed by atoms with van der Waals surface area (Å²) < 4.78 is 0. The molecule has 5 rings (SSSR count). The van der Waals surface area contributed by atoms with Gasteiger partial charge in [-0.25, -0.2) is 0 Å². The van der Waals surface area contributed by atoms with Gasteiger partial charge in [0.1, 0.15) is 11.5 Å². The Hall–Kier alpha value is -4.70. The van der Waals surface area contributed by atoms with Gasteiger partial charge in [0, 0.05) is 5.56 Å². The molecular weight excluding hydrogens is 436 g/mol. The molecule has 2 N–H and O–H groups in total. The van der Waals surface area contributed by atoms with E-state index < -0.39 is 0 Å². The molecule has 35 heavy (non-hydrogen) atoms. The zero-order valence-electron chi connectivity index (χ0n) is 19.2.